The summed E-state index contributed by atoms with van der Waals surface area (Å²) in [4.78, 5) is 30.2. The minimum atomic E-state index is -0.599. The van der Waals surface area contributed by atoms with Crippen LogP contribution in [0.3, 0.4) is 0 Å². The molecule has 5 atom stereocenters. The zero-order valence-corrected chi connectivity index (χ0v) is 27.5. The monoisotopic (exact) mass is 654 g/mol. The molecule has 0 aliphatic carbocycles. The summed E-state index contributed by atoms with van der Waals surface area (Å²) in [6.45, 7) is 5.16. The zero-order chi connectivity index (χ0) is 34.0. The van der Waals surface area contributed by atoms with Crippen LogP contribution in [0.2, 0.25) is 0 Å². The number of aromatic hydroxyl groups is 2. The molecule has 3 aromatic rings. The summed E-state index contributed by atoms with van der Waals surface area (Å²) in [5.41, 5.74) is 5.32. The summed E-state index contributed by atoms with van der Waals surface area (Å²) >= 11 is 0. The van der Waals surface area contributed by atoms with Crippen LogP contribution in [0.1, 0.15) is 58.0 Å². The molecule has 1 unspecified atom stereocenters. The minimum absolute atomic E-state index is 0.0223. The quantitative estimate of drug-likeness (QED) is 0.264. The Morgan fingerprint density at radius 3 is 2.48 bits per heavy atom. The zero-order valence-electron chi connectivity index (χ0n) is 27.5. The standard InChI is InChI=1S/C36H38N4O8/c1-17-10-21-12-24-26(14-37)40-25(31(39(24)4)29(21)32(44)33(17)45-5)13-23-30(36-35(46-16-47-36)18(2)34(23)48-19(3)41)27(40)15-38-28(43)11-20-6-8-22(42)9-7-20/h6-10,24-27,31,42,44H,11-13,15-16H2,1-5H3,(H,38,43)/t24-,25-,26-,27?,31-/m0/s1. The summed E-state index contributed by atoms with van der Waals surface area (Å²) in [5, 5.41) is 35.3. The highest BCUT2D eigenvalue weighted by atomic mass is 16.7. The first-order chi connectivity index (χ1) is 23.0. The van der Waals surface area contributed by atoms with Crippen LogP contribution in [0, 0.1) is 25.2 Å². The number of likely N-dealkylation sites (N-methyl/N-ethyl adjacent to an activating group) is 1. The second-order valence-electron chi connectivity index (χ2n) is 13.0. The van der Waals surface area contributed by atoms with Crippen molar-refractivity contribution in [1.82, 2.24) is 15.1 Å². The largest absolute Gasteiger partial charge is 0.508 e. The van der Waals surface area contributed by atoms with Crippen molar-refractivity contribution in [2.75, 3.05) is 27.5 Å². The predicted molar refractivity (Wildman–Crippen MR) is 172 cm³/mol. The highest BCUT2D eigenvalue weighted by Crippen LogP contribution is 2.58. The molecule has 2 bridgehead atoms. The third-order valence-corrected chi connectivity index (χ3v) is 10.3. The molecule has 1 fully saturated rings. The molecule has 1 saturated heterocycles. The number of fused-ring (bicyclic) bond motifs is 9. The van der Waals surface area contributed by atoms with Crippen LogP contribution >= 0.6 is 0 Å². The van der Waals surface area contributed by atoms with Gasteiger partial charge in [-0.3, -0.25) is 19.4 Å². The molecule has 4 aliphatic rings. The number of piperazine rings is 1. The van der Waals surface area contributed by atoms with E-state index in [1.807, 2.05) is 27.0 Å². The molecule has 4 aliphatic heterocycles. The maximum atomic E-state index is 13.4. The maximum Gasteiger partial charge on any atom is 0.308 e. The molecule has 7 rings (SSSR count). The average molecular weight is 655 g/mol. The number of esters is 1. The first-order valence-corrected chi connectivity index (χ1v) is 16.0. The van der Waals surface area contributed by atoms with E-state index in [0.717, 1.165) is 27.8 Å². The van der Waals surface area contributed by atoms with E-state index in [2.05, 4.69) is 21.2 Å². The molecule has 0 aromatic heterocycles. The van der Waals surface area contributed by atoms with Gasteiger partial charge in [-0.05, 0) is 62.6 Å². The molecular formula is C36H38N4O8. The molecule has 3 aromatic carbocycles. The Morgan fingerprint density at radius 2 is 1.79 bits per heavy atom. The number of phenolic OH excluding ortho intramolecular Hbond substituents is 2. The number of amides is 1. The van der Waals surface area contributed by atoms with Gasteiger partial charge in [-0.15, -0.1) is 0 Å². The van der Waals surface area contributed by atoms with Crippen molar-refractivity contribution in [3.05, 3.63) is 69.3 Å². The van der Waals surface area contributed by atoms with Crippen LogP contribution in [-0.4, -0.2) is 77.5 Å². The fourth-order valence-corrected chi connectivity index (χ4v) is 8.38. The summed E-state index contributed by atoms with van der Waals surface area (Å²) in [6.07, 6.45) is 0.977. The van der Waals surface area contributed by atoms with Gasteiger partial charge in [0.1, 0.15) is 17.5 Å². The number of rotatable bonds is 6. The van der Waals surface area contributed by atoms with E-state index in [1.165, 1.54) is 26.2 Å². The molecule has 0 saturated carbocycles. The van der Waals surface area contributed by atoms with Crippen LogP contribution in [0.15, 0.2) is 30.3 Å². The highest BCUT2D eigenvalue weighted by molar-refractivity contribution is 5.79. The van der Waals surface area contributed by atoms with E-state index in [4.69, 9.17) is 18.9 Å². The second-order valence-corrected chi connectivity index (χ2v) is 13.0. The molecular weight excluding hydrogens is 616 g/mol. The van der Waals surface area contributed by atoms with E-state index in [-0.39, 0.29) is 55.3 Å². The molecule has 4 heterocycles. The van der Waals surface area contributed by atoms with Gasteiger partial charge in [0.05, 0.1) is 31.7 Å². The Labute approximate surface area is 278 Å². The van der Waals surface area contributed by atoms with Crippen molar-refractivity contribution < 1.29 is 38.7 Å². The number of hydrogen-bond acceptors (Lipinski definition) is 11. The van der Waals surface area contributed by atoms with E-state index in [9.17, 15) is 25.1 Å². The van der Waals surface area contributed by atoms with Gasteiger partial charge in [0.15, 0.2) is 23.0 Å². The molecule has 48 heavy (non-hydrogen) atoms. The van der Waals surface area contributed by atoms with E-state index < -0.39 is 18.1 Å². The molecule has 12 heteroatoms. The number of benzene rings is 3. The number of methoxy groups -OCH3 is 1. The SMILES string of the molecule is COc1c(C)cc2c(c1O)[C@@H]1[C@@H]3Cc4c(OC(C)=O)c(C)c5c(c4C(CNC(=O)Cc4ccc(O)cc4)N3[C@@H](C#N)[C@H](C2)N1C)OCO5. The van der Waals surface area contributed by atoms with Gasteiger partial charge in [-0.2, -0.15) is 5.26 Å². The average Bonchev–Trinajstić information content (AvgIpc) is 3.54. The van der Waals surface area contributed by atoms with Crippen LogP contribution in [0.4, 0.5) is 0 Å². The van der Waals surface area contributed by atoms with Crippen molar-refractivity contribution >= 4 is 11.9 Å². The van der Waals surface area contributed by atoms with Crippen LogP contribution in [0.5, 0.6) is 34.5 Å². The number of nitrogens with one attached hydrogen (secondary N) is 1. The lowest BCUT2D eigenvalue weighted by atomic mass is 9.71. The number of aryl methyl sites for hydroxylation is 1. The van der Waals surface area contributed by atoms with Crippen molar-refractivity contribution in [2.24, 2.45) is 0 Å². The summed E-state index contributed by atoms with van der Waals surface area (Å²) < 4.78 is 23.5. The van der Waals surface area contributed by atoms with E-state index in [0.29, 0.717) is 47.0 Å². The van der Waals surface area contributed by atoms with Crippen LogP contribution in [0.25, 0.3) is 0 Å². The predicted octanol–water partition coefficient (Wildman–Crippen LogP) is 3.51. The fourth-order valence-electron chi connectivity index (χ4n) is 8.38. The lowest BCUT2D eigenvalue weighted by Gasteiger charge is -2.60. The van der Waals surface area contributed by atoms with E-state index in [1.54, 1.807) is 12.1 Å². The molecule has 0 spiro atoms. The lowest BCUT2D eigenvalue weighted by Crippen LogP contribution is -2.68. The third-order valence-electron chi connectivity index (χ3n) is 10.3. The van der Waals surface area contributed by atoms with Crippen molar-refractivity contribution in [3.8, 4) is 40.6 Å². The molecule has 3 N–H and O–H groups in total. The smallest absolute Gasteiger partial charge is 0.308 e. The van der Waals surface area contributed by atoms with Crippen LogP contribution < -0.4 is 24.3 Å². The van der Waals surface area contributed by atoms with Gasteiger partial charge in [-0.1, -0.05) is 18.2 Å². The molecule has 250 valence electrons. The Balaban J connectivity index is 1.39. The van der Waals surface area contributed by atoms with Crippen molar-refractivity contribution in [3.63, 3.8) is 0 Å². The maximum absolute atomic E-state index is 13.4. The third kappa shape index (κ3) is 4.88. The van der Waals surface area contributed by atoms with Crippen LogP contribution in [-0.2, 0) is 28.9 Å². The number of carbonyl (C=O) groups excluding carboxylic acids is 2. The lowest BCUT2D eigenvalue weighted by molar-refractivity contribution is -0.132. The Hall–Kier alpha value is -4.99. The first-order valence-electron chi connectivity index (χ1n) is 16.0. The normalized spacial score (nSPS) is 23.7. The molecule has 12 nitrogen and oxygen atoms in total. The summed E-state index contributed by atoms with van der Waals surface area (Å²) in [7, 11) is 3.51. The Morgan fingerprint density at radius 1 is 1.06 bits per heavy atom. The summed E-state index contributed by atoms with van der Waals surface area (Å²) in [6, 6.07) is 8.95. The number of ether oxygens (including phenoxy) is 4. The molecule has 0 radical (unpaired) electrons. The van der Waals surface area contributed by atoms with Gasteiger partial charge in [0, 0.05) is 47.8 Å². The molecule has 1 amide bonds. The Bertz CT molecular complexity index is 1870. The first kappa shape index (κ1) is 31.6. The van der Waals surface area contributed by atoms with Gasteiger partial charge in [0.2, 0.25) is 12.7 Å². The fraction of sp³-hybridized carbons (Fsp3) is 0.417. The van der Waals surface area contributed by atoms with Gasteiger partial charge in [0.25, 0.3) is 0 Å². The second kappa shape index (κ2) is 11.9. The van der Waals surface area contributed by atoms with Gasteiger partial charge >= 0.3 is 5.97 Å². The topological polar surface area (TPSA) is 154 Å². The minimum Gasteiger partial charge on any atom is -0.508 e. The number of hydrogen-bond donors (Lipinski definition) is 3. The van der Waals surface area contributed by atoms with Gasteiger partial charge in [-0.25, -0.2) is 0 Å². The Kier molecular flexibility index (Phi) is 7.84. The highest BCUT2D eigenvalue weighted by Gasteiger charge is 2.56. The van der Waals surface area contributed by atoms with Gasteiger partial charge < -0.3 is 34.5 Å². The number of nitrogens with zero attached hydrogens (tertiary/aromatic N) is 3. The van der Waals surface area contributed by atoms with Crippen molar-refractivity contribution in [1.29, 1.82) is 5.26 Å². The number of nitriles is 1. The number of phenols is 2. The summed E-state index contributed by atoms with van der Waals surface area (Å²) in [5.74, 6) is 1.22. The number of carbonyl (C=O) groups is 2. The van der Waals surface area contributed by atoms with Crippen molar-refractivity contribution in [2.45, 2.75) is 70.2 Å². The van der Waals surface area contributed by atoms with E-state index >= 15 is 0 Å².